The van der Waals surface area contributed by atoms with Crippen LogP contribution >= 0.6 is 35.0 Å². The van der Waals surface area contributed by atoms with E-state index in [2.05, 4.69) is 10.1 Å². The van der Waals surface area contributed by atoms with Crippen LogP contribution in [0.1, 0.15) is 11.7 Å². The molecule has 1 N–H and O–H groups in total. The maximum absolute atomic E-state index is 13.9. The summed E-state index contributed by atoms with van der Waals surface area (Å²) in [6.07, 6.45) is 2.53. The molecule has 4 heterocycles. The molecule has 12 heteroatoms. The molecule has 0 aliphatic carbocycles. The van der Waals surface area contributed by atoms with Crippen molar-refractivity contribution >= 4 is 35.0 Å². The molecule has 0 spiro atoms. The molecule has 2 fully saturated rings. The Balaban J connectivity index is 1.44. The predicted octanol–water partition coefficient (Wildman–Crippen LogP) is 4.22. The van der Waals surface area contributed by atoms with E-state index in [0.29, 0.717) is 22.1 Å². The van der Waals surface area contributed by atoms with Gasteiger partial charge in [0.2, 0.25) is 0 Å². The van der Waals surface area contributed by atoms with Crippen molar-refractivity contribution < 1.29 is 23.4 Å². The van der Waals surface area contributed by atoms with Gasteiger partial charge in [0.25, 0.3) is 0 Å². The molecule has 5 unspecified atom stereocenters. The van der Waals surface area contributed by atoms with Gasteiger partial charge < -0.3 is 14.6 Å². The number of nitrogens with zero attached hydrogens (tertiary/aromatic N) is 4. The van der Waals surface area contributed by atoms with Crippen LogP contribution in [0.2, 0.25) is 10.0 Å². The zero-order chi connectivity index (χ0) is 23.3. The van der Waals surface area contributed by atoms with Crippen LogP contribution in [0.5, 0.6) is 0 Å². The minimum Gasteiger partial charge on any atom is -0.387 e. The number of ether oxygens (including phenoxy) is 2. The van der Waals surface area contributed by atoms with Crippen LogP contribution in [0.3, 0.4) is 0 Å². The Labute approximate surface area is 200 Å². The third kappa shape index (κ3) is 4.10. The number of benzene rings is 1. The highest BCUT2D eigenvalue weighted by Crippen LogP contribution is 2.43. The molecular formula is C21H14Cl2F2N4O3S. The molecule has 5 atom stereocenters. The van der Waals surface area contributed by atoms with Gasteiger partial charge in [0.1, 0.15) is 52.5 Å². The number of thioether (sulfide) groups is 1. The van der Waals surface area contributed by atoms with Crippen molar-refractivity contribution in [1.29, 1.82) is 5.26 Å². The van der Waals surface area contributed by atoms with Crippen molar-refractivity contribution in [3.8, 4) is 17.2 Å². The SMILES string of the molecule is N#Cc1ncc(Cl)cc1SC1OC2COC2C(n2cc(-c3cc(F)c(Cl)c(F)c3)cn2)C1O. The van der Waals surface area contributed by atoms with E-state index in [1.54, 1.807) is 12.3 Å². The number of fused-ring (bicyclic) bond motifs is 1. The molecule has 1 aromatic carbocycles. The van der Waals surface area contributed by atoms with Crippen LogP contribution in [0, 0.1) is 23.0 Å². The average molecular weight is 511 g/mol. The lowest BCUT2D eigenvalue weighted by Gasteiger charge is -2.50. The summed E-state index contributed by atoms with van der Waals surface area (Å²) in [7, 11) is 0. The Morgan fingerprint density at radius 2 is 1.94 bits per heavy atom. The van der Waals surface area contributed by atoms with Crippen molar-refractivity contribution in [2.75, 3.05) is 6.61 Å². The summed E-state index contributed by atoms with van der Waals surface area (Å²) in [5, 5.41) is 24.6. The quantitative estimate of drug-likeness (QED) is 0.525. The van der Waals surface area contributed by atoms with E-state index in [1.165, 1.54) is 17.1 Å². The molecule has 7 nitrogen and oxygen atoms in total. The van der Waals surface area contributed by atoms with E-state index in [0.717, 1.165) is 23.9 Å². The Hall–Kier alpha value is -2.26. The van der Waals surface area contributed by atoms with Gasteiger partial charge in [-0.1, -0.05) is 35.0 Å². The van der Waals surface area contributed by atoms with Gasteiger partial charge in [-0.25, -0.2) is 13.8 Å². The Bertz CT molecular complexity index is 1250. The highest BCUT2D eigenvalue weighted by atomic mass is 35.5. The normalized spacial score (nSPS) is 26.4. The first-order chi connectivity index (χ1) is 15.9. The number of nitriles is 1. The summed E-state index contributed by atoms with van der Waals surface area (Å²) in [4.78, 5) is 4.48. The molecular weight excluding hydrogens is 497 g/mol. The summed E-state index contributed by atoms with van der Waals surface area (Å²) >= 11 is 12.7. The van der Waals surface area contributed by atoms with Gasteiger partial charge in [0.05, 0.1) is 17.8 Å². The Morgan fingerprint density at radius 3 is 2.61 bits per heavy atom. The molecule has 3 aromatic rings. The molecule has 5 rings (SSSR count). The van der Waals surface area contributed by atoms with E-state index < -0.39 is 40.3 Å². The molecule has 0 bridgehead atoms. The highest BCUT2D eigenvalue weighted by Gasteiger charge is 2.52. The van der Waals surface area contributed by atoms with Crippen LogP contribution in [0.15, 0.2) is 41.7 Å². The monoisotopic (exact) mass is 510 g/mol. The molecule has 170 valence electrons. The summed E-state index contributed by atoms with van der Waals surface area (Å²) in [6, 6.07) is 5.18. The topological polar surface area (TPSA) is 93.2 Å². The van der Waals surface area contributed by atoms with Crippen LogP contribution in [0.4, 0.5) is 8.78 Å². The van der Waals surface area contributed by atoms with Gasteiger partial charge in [-0.15, -0.1) is 0 Å². The number of aromatic nitrogens is 3. The van der Waals surface area contributed by atoms with E-state index >= 15 is 0 Å². The van der Waals surface area contributed by atoms with E-state index in [4.69, 9.17) is 32.7 Å². The maximum atomic E-state index is 13.9. The third-order valence-electron chi connectivity index (χ3n) is 5.49. The second kappa shape index (κ2) is 8.83. The van der Waals surface area contributed by atoms with Crippen molar-refractivity contribution in [2.24, 2.45) is 0 Å². The minimum absolute atomic E-state index is 0.164. The summed E-state index contributed by atoms with van der Waals surface area (Å²) in [5.41, 5.74) is 0.0967. The van der Waals surface area contributed by atoms with E-state index in [1.807, 2.05) is 6.07 Å². The number of rotatable bonds is 4. The molecule has 2 aromatic heterocycles. The van der Waals surface area contributed by atoms with E-state index in [9.17, 15) is 19.1 Å². The maximum Gasteiger partial charge on any atom is 0.154 e. The van der Waals surface area contributed by atoms with Gasteiger partial charge in [0, 0.05) is 22.9 Å². The number of hydrogen-bond acceptors (Lipinski definition) is 7. The molecule has 2 saturated heterocycles. The highest BCUT2D eigenvalue weighted by molar-refractivity contribution is 7.99. The zero-order valence-corrected chi connectivity index (χ0v) is 18.9. The van der Waals surface area contributed by atoms with Crippen LogP contribution < -0.4 is 0 Å². The number of aliphatic hydroxyl groups excluding tert-OH is 1. The first-order valence-corrected chi connectivity index (χ1v) is 11.4. The average Bonchev–Trinajstić information content (AvgIpc) is 3.26. The van der Waals surface area contributed by atoms with Crippen LogP contribution in [-0.2, 0) is 9.47 Å². The molecule has 2 aliphatic heterocycles. The molecule has 0 amide bonds. The predicted molar refractivity (Wildman–Crippen MR) is 116 cm³/mol. The van der Waals surface area contributed by atoms with E-state index in [-0.39, 0.29) is 17.4 Å². The van der Waals surface area contributed by atoms with Crippen molar-refractivity contribution in [1.82, 2.24) is 14.8 Å². The molecule has 0 radical (unpaired) electrons. The number of pyridine rings is 1. The standard InChI is InChI=1S/C21H14Cl2F2N4O3S/c22-11-3-16(14(4-26)27-6-11)33-21-19(30)18(20-15(32-21)8-31-20)29-7-10(5-28-29)9-1-12(24)17(23)13(25)2-9/h1-3,5-7,15,18-21,30H,8H2. The van der Waals surface area contributed by atoms with Crippen molar-refractivity contribution in [3.05, 3.63) is 64.2 Å². The van der Waals surface area contributed by atoms with Crippen molar-refractivity contribution in [2.45, 2.75) is 34.7 Å². The van der Waals surface area contributed by atoms with Crippen molar-refractivity contribution in [3.63, 3.8) is 0 Å². The molecule has 0 saturated carbocycles. The lowest BCUT2D eigenvalue weighted by molar-refractivity contribution is -0.266. The summed E-state index contributed by atoms with van der Waals surface area (Å²) < 4.78 is 40.9. The minimum atomic E-state index is -1.09. The fourth-order valence-electron chi connectivity index (χ4n) is 3.83. The van der Waals surface area contributed by atoms with Crippen LogP contribution in [-0.4, -0.2) is 50.2 Å². The fraction of sp³-hybridized carbons (Fsp3) is 0.286. The van der Waals surface area contributed by atoms with Gasteiger partial charge in [0.15, 0.2) is 5.69 Å². The lowest BCUT2D eigenvalue weighted by atomic mass is 9.93. The summed E-state index contributed by atoms with van der Waals surface area (Å²) in [5.74, 6) is -1.76. The number of halogens is 4. The number of aliphatic hydroxyl groups is 1. The van der Waals surface area contributed by atoms with Gasteiger partial charge in [-0.05, 0) is 23.8 Å². The third-order valence-corrected chi connectivity index (χ3v) is 7.24. The first kappa shape index (κ1) is 22.5. The summed E-state index contributed by atoms with van der Waals surface area (Å²) in [6.45, 7) is 0.339. The number of hydrogen-bond donors (Lipinski definition) is 1. The van der Waals surface area contributed by atoms with Gasteiger partial charge in [-0.3, -0.25) is 4.68 Å². The smallest absolute Gasteiger partial charge is 0.154 e. The lowest BCUT2D eigenvalue weighted by Crippen LogP contribution is -2.62. The van der Waals surface area contributed by atoms with Crippen LogP contribution in [0.25, 0.3) is 11.1 Å². The second-order valence-corrected chi connectivity index (χ2v) is 9.47. The Morgan fingerprint density at radius 1 is 1.18 bits per heavy atom. The zero-order valence-electron chi connectivity index (χ0n) is 16.5. The van der Waals surface area contributed by atoms with Gasteiger partial charge in [-0.2, -0.15) is 10.4 Å². The van der Waals surface area contributed by atoms with Gasteiger partial charge >= 0.3 is 0 Å². The largest absolute Gasteiger partial charge is 0.387 e. The Kier molecular flexibility index (Phi) is 6.03. The first-order valence-electron chi connectivity index (χ1n) is 9.72. The fourth-order valence-corrected chi connectivity index (χ4v) is 5.31. The second-order valence-electron chi connectivity index (χ2n) is 7.51. The molecule has 2 aliphatic rings. The molecule has 33 heavy (non-hydrogen) atoms.